The number of rotatable bonds is 11. The Hall–Kier alpha value is -7.60. The molecule has 12 nitrogen and oxygen atoms in total. The third-order valence-corrected chi connectivity index (χ3v) is 11.2. The number of nitrogens with zero attached hydrogens (tertiary/aromatic N) is 6. The zero-order valence-electron chi connectivity index (χ0n) is 33.2. The van der Waals surface area contributed by atoms with Crippen LogP contribution in [0.25, 0.3) is 22.6 Å². The molecule has 0 atom stereocenters. The second-order valence-electron chi connectivity index (χ2n) is 15.6. The van der Waals surface area contributed by atoms with Crippen molar-refractivity contribution < 1.29 is 14.0 Å². The predicted octanol–water partition coefficient (Wildman–Crippen LogP) is 9.48. The summed E-state index contributed by atoms with van der Waals surface area (Å²) in [6, 6.07) is 30.8. The molecule has 0 bridgehead atoms. The van der Waals surface area contributed by atoms with E-state index in [9.17, 15) is 9.59 Å². The van der Waals surface area contributed by atoms with Crippen LogP contribution >= 0.6 is 0 Å². The summed E-state index contributed by atoms with van der Waals surface area (Å²) >= 11 is 0. The van der Waals surface area contributed by atoms with Crippen LogP contribution in [0.4, 0.5) is 22.2 Å². The number of allylic oxidation sites excluding steroid dienone is 2. The lowest BCUT2D eigenvalue weighted by Gasteiger charge is -2.10. The zero-order valence-corrected chi connectivity index (χ0v) is 33.2. The van der Waals surface area contributed by atoms with Gasteiger partial charge in [-0.1, -0.05) is 71.8 Å². The van der Waals surface area contributed by atoms with Gasteiger partial charge < -0.3 is 20.4 Å². The number of para-hydroxylation sites is 2. The molecular formula is C49H41N9O3. The van der Waals surface area contributed by atoms with Gasteiger partial charge >= 0.3 is 12.0 Å². The standard InChI is InChI=1S/C25H22N4O2.C24H19N5O/c30-24(15-27-25(31)28-19-4-2-1-3-5-19)18-9-6-16-10-11-20(21(16)12-18)23-14-26-13-22(29-23)17-7-8-17;1-2-4-18(5-3-1)26-24-29-28-23(30-24)17-9-6-15-10-11-19(20(15)12-17)22-14-25-13-21(27-22)16-7-8-16/h1-6,9,11-14,17H,7-8,10,15H2,(H2,27,28,31);1-6,9,11-14,16H,7-8,10H2,(H,26,29). The van der Waals surface area contributed by atoms with Gasteiger partial charge in [-0.3, -0.25) is 14.8 Å². The molecule has 0 radical (unpaired) electrons. The Bertz CT molecular complexity index is 2830. The molecule has 7 aromatic rings. The summed E-state index contributed by atoms with van der Waals surface area (Å²) in [5.74, 6) is 1.46. The Balaban J connectivity index is 0.000000146. The summed E-state index contributed by atoms with van der Waals surface area (Å²) in [7, 11) is 0. The van der Waals surface area contributed by atoms with Crippen molar-refractivity contribution in [1.29, 1.82) is 0 Å². The molecule has 61 heavy (non-hydrogen) atoms. The minimum absolute atomic E-state index is 0.0759. The minimum Gasteiger partial charge on any atom is -0.403 e. The maximum absolute atomic E-state index is 12.7. The molecule has 0 saturated heterocycles. The molecule has 2 saturated carbocycles. The van der Waals surface area contributed by atoms with Gasteiger partial charge in [-0.2, -0.15) is 0 Å². The third-order valence-electron chi connectivity index (χ3n) is 11.2. The number of benzene rings is 4. The number of nitrogens with one attached hydrogen (secondary N) is 3. The van der Waals surface area contributed by atoms with Crippen molar-refractivity contribution in [3.05, 3.63) is 185 Å². The van der Waals surface area contributed by atoms with Crippen LogP contribution in [0.2, 0.25) is 0 Å². The molecule has 3 heterocycles. The second kappa shape index (κ2) is 16.6. The Morgan fingerprint density at radius 3 is 1.85 bits per heavy atom. The molecule has 4 aliphatic rings. The Morgan fingerprint density at radius 2 is 1.23 bits per heavy atom. The molecule has 0 aliphatic heterocycles. The number of carbonyl (C=O) groups excluding carboxylic acids is 2. The van der Waals surface area contributed by atoms with Crippen LogP contribution in [0.5, 0.6) is 0 Å². The normalized spacial score (nSPS) is 14.8. The van der Waals surface area contributed by atoms with Crippen molar-refractivity contribution in [1.82, 2.24) is 35.5 Å². The molecule has 3 N–H and O–H groups in total. The maximum Gasteiger partial charge on any atom is 0.320 e. The lowest BCUT2D eigenvalue weighted by atomic mass is 9.98. The zero-order chi connectivity index (χ0) is 41.1. The molecule has 2 amide bonds. The van der Waals surface area contributed by atoms with Crippen molar-refractivity contribution in [2.24, 2.45) is 0 Å². The molecule has 0 unspecified atom stereocenters. The van der Waals surface area contributed by atoms with Gasteiger partial charge in [0.1, 0.15) is 0 Å². The van der Waals surface area contributed by atoms with E-state index in [1.807, 2.05) is 91.4 Å². The van der Waals surface area contributed by atoms with Gasteiger partial charge in [0.15, 0.2) is 5.78 Å². The Labute approximate surface area is 352 Å². The largest absolute Gasteiger partial charge is 0.403 e. The molecule has 11 rings (SSSR count). The number of hydrogen-bond donors (Lipinski definition) is 3. The summed E-state index contributed by atoms with van der Waals surface area (Å²) < 4.78 is 5.85. The van der Waals surface area contributed by atoms with Crippen LogP contribution in [0.15, 0.2) is 138 Å². The van der Waals surface area contributed by atoms with E-state index in [-0.39, 0.29) is 12.3 Å². The summed E-state index contributed by atoms with van der Waals surface area (Å²) in [4.78, 5) is 43.3. The SMILES string of the molecule is C1=C(c2cncc(C3CC3)n2)c2cc(-c3nnc(Nc4ccccc4)o3)ccc2C1.O=C(NCC(=O)c1ccc2c(c1)C(c1cncc(C3CC3)n1)=CC2)Nc1ccccc1. The molecular weight excluding hydrogens is 763 g/mol. The van der Waals surface area contributed by atoms with Crippen LogP contribution in [0.3, 0.4) is 0 Å². The second-order valence-corrected chi connectivity index (χ2v) is 15.6. The number of amides is 2. The molecule has 4 aliphatic carbocycles. The number of hydrogen-bond acceptors (Lipinski definition) is 10. The number of urea groups is 1. The Kier molecular flexibility index (Phi) is 10.2. The molecule has 300 valence electrons. The highest BCUT2D eigenvalue weighted by molar-refractivity contribution is 6.02. The smallest absolute Gasteiger partial charge is 0.320 e. The highest BCUT2D eigenvalue weighted by Gasteiger charge is 2.28. The monoisotopic (exact) mass is 803 g/mol. The van der Waals surface area contributed by atoms with Crippen molar-refractivity contribution in [2.45, 2.75) is 50.4 Å². The number of anilines is 3. The predicted molar refractivity (Wildman–Crippen MR) is 233 cm³/mol. The summed E-state index contributed by atoms with van der Waals surface area (Å²) in [5, 5.41) is 16.8. The van der Waals surface area contributed by atoms with E-state index >= 15 is 0 Å². The summed E-state index contributed by atoms with van der Waals surface area (Å²) in [6.07, 6.45) is 18.3. The number of carbonyl (C=O) groups is 2. The number of Topliss-reactive ketones (excluding diaryl/α,β-unsaturated/α-hetero) is 1. The number of ketones is 1. The summed E-state index contributed by atoms with van der Waals surface area (Å²) in [6.45, 7) is -0.0759. The quantitative estimate of drug-likeness (QED) is 0.108. The maximum atomic E-state index is 12.7. The lowest BCUT2D eigenvalue weighted by Crippen LogP contribution is -2.33. The first-order valence-corrected chi connectivity index (χ1v) is 20.6. The van der Waals surface area contributed by atoms with Gasteiger partial charge in [-0.15, -0.1) is 5.10 Å². The van der Waals surface area contributed by atoms with E-state index in [2.05, 4.69) is 60.4 Å². The number of fused-ring (bicyclic) bond motifs is 2. The molecule has 12 heteroatoms. The molecule has 0 spiro atoms. The van der Waals surface area contributed by atoms with Gasteiger partial charge in [0.05, 0.1) is 41.7 Å². The molecule has 3 aromatic heterocycles. The summed E-state index contributed by atoms with van der Waals surface area (Å²) in [5.41, 5.74) is 13.7. The van der Waals surface area contributed by atoms with E-state index in [1.165, 1.54) is 36.8 Å². The van der Waals surface area contributed by atoms with Gasteiger partial charge in [-0.05, 0) is 103 Å². The van der Waals surface area contributed by atoms with E-state index in [0.29, 0.717) is 35.0 Å². The Morgan fingerprint density at radius 1 is 0.639 bits per heavy atom. The highest BCUT2D eigenvalue weighted by atomic mass is 16.4. The average Bonchev–Trinajstić information content (AvgIpc) is 4.21. The van der Waals surface area contributed by atoms with Crippen LogP contribution < -0.4 is 16.0 Å². The topological polar surface area (TPSA) is 161 Å². The van der Waals surface area contributed by atoms with Crippen molar-refractivity contribution in [2.75, 3.05) is 17.2 Å². The first-order valence-electron chi connectivity index (χ1n) is 20.6. The van der Waals surface area contributed by atoms with Gasteiger partial charge in [0.25, 0.3) is 0 Å². The molecule has 4 aromatic carbocycles. The first-order chi connectivity index (χ1) is 30.0. The van der Waals surface area contributed by atoms with Gasteiger partial charge in [-0.25, -0.2) is 14.8 Å². The molecule has 2 fully saturated rings. The highest BCUT2D eigenvalue weighted by Crippen LogP contribution is 2.41. The van der Waals surface area contributed by atoms with Crippen LogP contribution in [0.1, 0.15) is 92.9 Å². The van der Waals surface area contributed by atoms with Gasteiger partial charge in [0, 0.05) is 57.9 Å². The van der Waals surface area contributed by atoms with Crippen LogP contribution in [0, 0.1) is 0 Å². The third kappa shape index (κ3) is 8.60. The van der Waals surface area contributed by atoms with E-state index in [4.69, 9.17) is 14.4 Å². The van der Waals surface area contributed by atoms with Gasteiger partial charge in [0.2, 0.25) is 5.89 Å². The minimum atomic E-state index is -0.409. The van der Waals surface area contributed by atoms with E-state index in [1.54, 1.807) is 18.3 Å². The fourth-order valence-electron chi connectivity index (χ4n) is 7.61. The first kappa shape index (κ1) is 37.7. The average molecular weight is 804 g/mol. The van der Waals surface area contributed by atoms with Crippen molar-refractivity contribution in [3.63, 3.8) is 0 Å². The van der Waals surface area contributed by atoms with Crippen molar-refractivity contribution >= 4 is 40.3 Å². The fourth-order valence-corrected chi connectivity index (χ4v) is 7.61. The number of aromatic nitrogens is 6. The van der Waals surface area contributed by atoms with E-state index in [0.717, 1.165) is 69.1 Å². The fraction of sp³-hybridized carbons (Fsp3) is 0.184. The van der Waals surface area contributed by atoms with Crippen LogP contribution in [-0.4, -0.2) is 48.5 Å². The lowest BCUT2D eigenvalue weighted by molar-refractivity contribution is 0.0993. The van der Waals surface area contributed by atoms with E-state index < -0.39 is 6.03 Å². The van der Waals surface area contributed by atoms with Crippen molar-refractivity contribution in [3.8, 4) is 11.5 Å². The van der Waals surface area contributed by atoms with Crippen LogP contribution in [-0.2, 0) is 12.8 Å².